The van der Waals surface area contributed by atoms with Gasteiger partial charge in [0.2, 0.25) is 5.91 Å². The lowest BCUT2D eigenvalue weighted by Crippen LogP contribution is -2.15. The number of nitrogens with one attached hydrogen (secondary N) is 1. The molecule has 0 bridgehead atoms. The lowest BCUT2D eigenvalue weighted by Gasteiger charge is -2.13. The van der Waals surface area contributed by atoms with Crippen LogP contribution in [0.25, 0.3) is 0 Å². The average molecular weight is 327 g/mol. The first-order valence-electron chi connectivity index (χ1n) is 6.82. The summed E-state index contributed by atoms with van der Waals surface area (Å²) in [6, 6.07) is 5.93. The highest BCUT2D eigenvalue weighted by Crippen LogP contribution is 2.24. The molecule has 3 nitrogen and oxygen atoms in total. The summed E-state index contributed by atoms with van der Waals surface area (Å²) in [5.74, 6) is 0.624. The van der Waals surface area contributed by atoms with Gasteiger partial charge in [-0.2, -0.15) is 0 Å². The molecule has 1 atom stereocenters. The van der Waals surface area contributed by atoms with E-state index < -0.39 is 0 Å². The van der Waals surface area contributed by atoms with Gasteiger partial charge >= 0.3 is 0 Å². The highest BCUT2D eigenvalue weighted by Gasteiger charge is 2.10. The van der Waals surface area contributed by atoms with Crippen LogP contribution in [0.4, 0.5) is 5.69 Å². The van der Waals surface area contributed by atoms with Crippen molar-refractivity contribution in [2.24, 2.45) is 11.7 Å². The zero-order chi connectivity index (χ0) is 14.3. The molecular formula is C15H23BrN2O. The van der Waals surface area contributed by atoms with E-state index in [4.69, 9.17) is 5.73 Å². The minimum Gasteiger partial charge on any atom is -0.330 e. The third-order valence-corrected chi connectivity index (χ3v) is 4.02. The fourth-order valence-corrected chi connectivity index (χ4v) is 2.42. The van der Waals surface area contributed by atoms with Crippen LogP contribution in [0.2, 0.25) is 0 Å². The van der Waals surface area contributed by atoms with Crippen molar-refractivity contribution in [3.63, 3.8) is 0 Å². The molecule has 106 valence electrons. The van der Waals surface area contributed by atoms with E-state index in [1.54, 1.807) is 0 Å². The van der Waals surface area contributed by atoms with Crippen LogP contribution in [0.3, 0.4) is 0 Å². The van der Waals surface area contributed by atoms with Gasteiger partial charge in [0.1, 0.15) is 0 Å². The topological polar surface area (TPSA) is 55.1 Å². The van der Waals surface area contributed by atoms with Gasteiger partial charge in [0, 0.05) is 10.9 Å². The third kappa shape index (κ3) is 5.74. The molecule has 0 heterocycles. The Labute approximate surface area is 124 Å². The molecule has 3 N–H and O–H groups in total. The Hall–Kier alpha value is -0.870. The molecular weight excluding hydrogens is 304 g/mol. The maximum absolute atomic E-state index is 11.9. The Balaban J connectivity index is 2.48. The van der Waals surface area contributed by atoms with Gasteiger partial charge in [0.25, 0.3) is 0 Å². The van der Waals surface area contributed by atoms with E-state index in [-0.39, 0.29) is 5.91 Å². The molecule has 0 aliphatic carbocycles. The summed E-state index contributed by atoms with van der Waals surface area (Å²) in [5.41, 5.74) is 7.54. The van der Waals surface area contributed by atoms with Gasteiger partial charge < -0.3 is 11.1 Å². The summed E-state index contributed by atoms with van der Waals surface area (Å²) in [6.45, 7) is 4.86. The monoisotopic (exact) mass is 326 g/mol. The smallest absolute Gasteiger partial charge is 0.224 e. The third-order valence-electron chi connectivity index (χ3n) is 3.33. The standard InChI is InChI=1S/C15H23BrN2O/c1-3-12(8-9-17)5-7-15(19)18-14-10-11(2)4-6-13(14)16/h4,6,10,12H,3,5,7-9,17H2,1-2H3,(H,18,19). The van der Waals surface area contributed by atoms with Crippen LogP contribution in [0.1, 0.15) is 38.2 Å². The summed E-state index contributed by atoms with van der Waals surface area (Å²) in [4.78, 5) is 11.9. The van der Waals surface area contributed by atoms with Crippen molar-refractivity contribution in [3.8, 4) is 0 Å². The van der Waals surface area contributed by atoms with E-state index in [1.165, 1.54) is 0 Å². The SMILES string of the molecule is CCC(CCN)CCC(=O)Nc1cc(C)ccc1Br. The van der Waals surface area contributed by atoms with E-state index in [2.05, 4.69) is 28.2 Å². The maximum atomic E-state index is 11.9. The predicted molar refractivity (Wildman–Crippen MR) is 84.2 cm³/mol. The van der Waals surface area contributed by atoms with Gasteiger partial charge in [-0.15, -0.1) is 0 Å². The fraction of sp³-hybridized carbons (Fsp3) is 0.533. The maximum Gasteiger partial charge on any atom is 0.224 e. The van der Waals surface area contributed by atoms with Gasteiger partial charge in [0.15, 0.2) is 0 Å². The number of hydrogen-bond acceptors (Lipinski definition) is 2. The first-order chi connectivity index (χ1) is 9.06. The number of benzene rings is 1. The number of amides is 1. The molecule has 19 heavy (non-hydrogen) atoms. The van der Waals surface area contributed by atoms with E-state index in [9.17, 15) is 4.79 Å². The van der Waals surface area contributed by atoms with Crippen LogP contribution in [-0.2, 0) is 4.79 Å². The second-order valence-corrected chi connectivity index (χ2v) is 5.78. The van der Waals surface area contributed by atoms with Gasteiger partial charge in [0.05, 0.1) is 5.69 Å². The lowest BCUT2D eigenvalue weighted by atomic mass is 9.96. The molecule has 0 aliphatic heterocycles. The number of carbonyl (C=O) groups is 1. The molecule has 1 aromatic carbocycles. The van der Waals surface area contributed by atoms with Crippen molar-refractivity contribution in [1.82, 2.24) is 0 Å². The zero-order valence-corrected chi connectivity index (χ0v) is 13.3. The zero-order valence-electron chi connectivity index (χ0n) is 11.7. The van der Waals surface area contributed by atoms with Crippen LogP contribution in [0.15, 0.2) is 22.7 Å². The van der Waals surface area contributed by atoms with Crippen molar-refractivity contribution in [3.05, 3.63) is 28.2 Å². The molecule has 4 heteroatoms. The largest absolute Gasteiger partial charge is 0.330 e. The second kappa shape index (κ2) is 8.33. The molecule has 0 saturated heterocycles. The molecule has 0 aliphatic rings. The molecule has 1 rings (SSSR count). The van der Waals surface area contributed by atoms with E-state index in [0.29, 0.717) is 18.9 Å². The molecule has 0 fully saturated rings. The predicted octanol–water partition coefficient (Wildman–Crippen LogP) is 3.85. The van der Waals surface area contributed by atoms with Crippen molar-refractivity contribution >= 4 is 27.5 Å². The van der Waals surface area contributed by atoms with E-state index in [0.717, 1.165) is 35.0 Å². The quantitative estimate of drug-likeness (QED) is 0.799. The number of hydrogen-bond donors (Lipinski definition) is 2. The number of nitrogens with two attached hydrogens (primary N) is 1. The Morgan fingerprint density at radius 1 is 1.42 bits per heavy atom. The summed E-state index contributed by atoms with van der Waals surface area (Å²) < 4.78 is 0.917. The average Bonchev–Trinajstić information content (AvgIpc) is 2.39. The Kier molecular flexibility index (Phi) is 7.10. The summed E-state index contributed by atoms with van der Waals surface area (Å²) in [6.07, 6.45) is 3.54. The van der Waals surface area contributed by atoms with Gasteiger partial charge in [-0.1, -0.05) is 19.4 Å². The summed E-state index contributed by atoms with van der Waals surface area (Å²) in [7, 11) is 0. The molecule has 0 radical (unpaired) electrons. The van der Waals surface area contributed by atoms with Crippen LogP contribution in [-0.4, -0.2) is 12.5 Å². The molecule has 1 unspecified atom stereocenters. The Morgan fingerprint density at radius 2 is 2.16 bits per heavy atom. The normalized spacial score (nSPS) is 12.2. The Bertz CT molecular complexity index is 421. The van der Waals surface area contributed by atoms with Gasteiger partial charge in [-0.05, 0) is 65.9 Å². The lowest BCUT2D eigenvalue weighted by molar-refractivity contribution is -0.116. The van der Waals surface area contributed by atoms with Crippen LogP contribution in [0, 0.1) is 12.8 Å². The van der Waals surface area contributed by atoms with Gasteiger partial charge in [-0.3, -0.25) is 4.79 Å². The van der Waals surface area contributed by atoms with Crippen molar-refractivity contribution in [2.45, 2.75) is 39.5 Å². The molecule has 0 aromatic heterocycles. The minimum absolute atomic E-state index is 0.0711. The number of carbonyl (C=O) groups excluding carboxylic acids is 1. The van der Waals surface area contributed by atoms with Crippen LogP contribution >= 0.6 is 15.9 Å². The molecule has 1 aromatic rings. The van der Waals surface area contributed by atoms with Crippen molar-refractivity contribution in [2.75, 3.05) is 11.9 Å². The number of rotatable bonds is 7. The fourth-order valence-electron chi connectivity index (χ4n) is 2.07. The van der Waals surface area contributed by atoms with Gasteiger partial charge in [-0.25, -0.2) is 0 Å². The highest BCUT2D eigenvalue weighted by molar-refractivity contribution is 9.10. The van der Waals surface area contributed by atoms with Crippen LogP contribution in [0.5, 0.6) is 0 Å². The summed E-state index contributed by atoms with van der Waals surface area (Å²) >= 11 is 3.45. The first-order valence-corrected chi connectivity index (χ1v) is 7.62. The molecule has 0 spiro atoms. The highest BCUT2D eigenvalue weighted by atomic mass is 79.9. The first kappa shape index (κ1) is 16.2. The Morgan fingerprint density at radius 3 is 2.79 bits per heavy atom. The van der Waals surface area contributed by atoms with E-state index >= 15 is 0 Å². The summed E-state index contributed by atoms with van der Waals surface area (Å²) in [5, 5.41) is 2.96. The number of aryl methyl sites for hydroxylation is 1. The number of anilines is 1. The second-order valence-electron chi connectivity index (χ2n) is 4.92. The van der Waals surface area contributed by atoms with Crippen molar-refractivity contribution < 1.29 is 4.79 Å². The number of halogens is 1. The molecule has 0 saturated carbocycles. The minimum atomic E-state index is 0.0711. The van der Waals surface area contributed by atoms with E-state index in [1.807, 2.05) is 25.1 Å². The van der Waals surface area contributed by atoms with Crippen LogP contribution < -0.4 is 11.1 Å². The molecule has 1 amide bonds. The van der Waals surface area contributed by atoms with Crippen molar-refractivity contribution in [1.29, 1.82) is 0 Å².